The Hall–Kier alpha value is -2.85. The van der Waals surface area contributed by atoms with E-state index >= 15 is 0 Å². The number of anilines is 1. The van der Waals surface area contributed by atoms with E-state index in [9.17, 15) is 14.0 Å². The number of hydrogen-bond acceptors (Lipinski definition) is 5. The molecule has 0 bridgehead atoms. The van der Waals surface area contributed by atoms with Gasteiger partial charge < -0.3 is 9.47 Å². The normalized spacial score (nSPS) is 14.8. The highest BCUT2D eigenvalue weighted by Gasteiger charge is 2.36. The molecule has 0 N–H and O–H groups in total. The van der Waals surface area contributed by atoms with Gasteiger partial charge in [0.15, 0.2) is 11.5 Å². The minimum Gasteiger partial charge on any atom is -0.493 e. The second-order valence-electron chi connectivity index (χ2n) is 6.80. The maximum Gasteiger partial charge on any atom is 0.298 e. The third-order valence-electron chi connectivity index (χ3n) is 4.65. The Morgan fingerprint density at radius 3 is 2.47 bits per heavy atom. The van der Waals surface area contributed by atoms with E-state index in [1.807, 2.05) is 12.1 Å². The Morgan fingerprint density at radius 1 is 1.06 bits per heavy atom. The van der Waals surface area contributed by atoms with Gasteiger partial charge in [-0.15, -0.1) is 0 Å². The van der Waals surface area contributed by atoms with Gasteiger partial charge in [-0.05, 0) is 88.0 Å². The average Bonchev–Trinajstić information content (AvgIpc) is 3.07. The quantitative estimate of drug-likeness (QED) is 0.263. The van der Waals surface area contributed by atoms with Crippen LogP contribution in [0.15, 0.2) is 71.6 Å². The Kier molecular flexibility index (Phi) is 6.80. The third-order valence-corrected chi connectivity index (χ3v) is 6.32. The lowest BCUT2D eigenvalue weighted by Gasteiger charge is -2.14. The van der Waals surface area contributed by atoms with Crippen LogP contribution in [0.4, 0.5) is 14.9 Å². The molecule has 1 fully saturated rings. The minimum absolute atomic E-state index is 0.252. The minimum atomic E-state index is -0.364. The Morgan fingerprint density at radius 2 is 1.78 bits per heavy atom. The van der Waals surface area contributed by atoms with E-state index < -0.39 is 0 Å². The molecule has 0 aromatic heterocycles. The number of halogens is 2. The first-order valence-electron chi connectivity index (χ1n) is 9.54. The van der Waals surface area contributed by atoms with E-state index in [2.05, 4.69) is 22.6 Å². The number of benzene rings is 3. The van der Waals surface area contributed by atoms with Gasteiger partial charge in [0.25, 0.3) is 11.1 Å². The number of carbonyl (C=O) groups excluding carboxylic acids is 2. The Labute approximate surface area is 202 Å². The summed E-state index contributed by atoms with van der Waals surface area (Å²) in [5, 5.41) is -0.339. The molecule has 0 spiro atoms. The molecule has 1 saturated heterocycles. The smallest absolute Gasteiger partial charge is 0.298 e. The summed E-state index contributed by atoms with van der Waals surface area (Å²) >= 11 is 3.03. The van der Waals surface area contributed by atoms with Crippen LogP contribution < -0.4 is 14.4 Å². The number of thioether (sulfide) groups is 1. The van der Waals surface area contributed by atoms with E-state index in [-0.39, 0.29) is 23.6 Å². The van der Waals surface area contributed by atoms with Gasteiger partial charge >= 0.3 is 0 Å². The summed E-state index contributed by atoms with van der Waals surface area (Å²) in [4.78, 5) is 26.8. The largest absolute Gasteiger partial charge is 0.493 e. The van der Waals surface area contributed by atoms with Crippen LogP contribution in [0.25, 0.3) is 6.08 Å². The van der Waals surface area contributed by atoms with Gasteiger partial charge in [-0.25, -0.2) is 9.29 Å². The van der Waals surface area contributed by atoms with Crippen molar-refractivity contribution in [1.29, 1.82) is 0 Å². The molecule has 8 heteroatoms. The predicted octanol–water partition coefficient (Wildman–Crippen LogP) is 6.26. The summed E-state index contributed by atoms with van der Waals surface area (Å²) in [6.07, 6.45) is 1.67. The van der Waals surface area contributed by atoms with Gasteiger partial charge in [0.1, 0.15) is 12.4 Å². The first-order chi connectivity index (χ1) is 15.5. The van der Waals surface area contributed by atoms with Crippen LogP contribution in [-0.4, -0.2) is 18.3 Å². The highest BCUT2D eigenvalue weighted by Crippen LogP contribution is 2.38. The van der Waals surface area contributed by atoms with Crippen LogP contribution in [0.2, 0.25) is 0 Å². The summed E-state index contributed by atoms with van der Waals surface area (Å²) in [7, 11) is 1.53. The number of para-hydroxylation sites is 1. The number of hydrogen-bond donors (Lipinski definition) is 0. The van der Waals surface area contributed by atoms with Crippen molar-refractivity contribution < 1.29 is 23.5 Å². The highest BCUT2D eigenvalue weighted by molar-refractivity contribution is 14.1. The number of amides is 2. The molecule has 1 heterocycles. The summed E-state index contributed by atoms with van der Waals surface area (Å²) < 4.78 is 25.3. The van der Waals surface area contributed by atoms with Gasteiger partial charge in [0.2, 0.25) is 0 Å². The van der Waals surface area contributed by atoms with E-state index in [0.717, 1.165) is 20.9 Å². The van der Waals surface area contributed by atoms with Crippen LogP contribution in [0.1, 0.15) is 11.1 Å². The standard InChI is InChI=1S/C24H17FINO4S/c1-30-20-12-16(11-19(26)22(20)31-14-15-7-9-17(25)10-8-15)13-21-23(28)27(24(29)32-21)18-5-3-2-4-6-18/h2-13H,14H2,1H3/b21-13-. The van der Waals surface area contributed by atoms with Crippen molar-refractivity contribution in [3.05, 3.63) is 92.1 Å². The molecule has 0 unspecified atom stereocenters. The third kappa shape index (κ3) is 4.81. The molecule has 32 heavy (non-hydrogen) atoms. The molecule has 3 aromatic rings. The molecule has 4 rings (SSSR count). The second kappa shape index (κ2) is 9.74. The van der Waals surface area contributed by atoms with Crippen molar-refractivity contribution in [3.8, 4) is 11.5 Å². The maximum absolute atomic E-state index is 13.1. The summed E-state index contributed by atoms with van der Waals surface area (Å²) in [5.74, 6) is 0.373. The van der Waals surface area contributed by atoms with Crippen molar-refractivity contribution in [2.45, 2.75) is 6.61 Å². The number of methoxy groups -OCH3 is 1. The van der Waals surface area contributed by atoms with Crippen LogP contribution >= 0.6 is 34.4 Å². The Bertz CT molecular complexity index is 1200. The van der Waals surface area contributed by atoms with E-state index in [1.54, 1.807) is 48.5 Å². The first-order valence-corrected chi connectivity index (χ1v) is 11.4. The zero-order valence-corrected chi connectivity index (χ0v) is 19.9. The zero-order chi connectivity index (χ0) is 22.7. The monoisotopic (exact) mass is 561 g/mol. The molecule has 0 atom stereocenters. The van der Waals surface area contributed by atoms with E-state index in [1.165, 1.54) is 24.1 Å². The average molecular weight is 561 g/mol. The summed E-state index contributed by atoms with van der Waals surface area (Å²) in [6, 6.07) is 18.5. The molecule has 162 valence electrons. The Balaban J connectivity index is 1.57. The van der Waals surface area contributed by atoms with E-state index in [0.29, 0.717) is 27.7 Å². The molecule has 0 saturated carbocycles. The number of nitrogens with zero attached hydrogens (tertiary/aromatic N) is 1. The van der Waals surface area contributed by atoms with Gasteiger partial charge in [0.05, 0.1) is 21.3 Å². The predicted molar refractivity (Wildman–Crippen MR) is 131 cm³/mol. The maximum atomic E-state index is 13.1. The SMILES string of the molecule is COc1cc(/C=C2\SC(=O)N(c3ccccc3)C2=O)cc(I)c1OCc1ccc(F)cc1. The topological polar surface area (TPSA) is 55.8 Å². The molecule has 2 amide bonds. The molecular weight excluding hydrogens is 544 g/mol. The molecule has 0 aliphatic carbocycles. The lowest BCUT2D eigenvalue weighted by atomic mass is 10.1. The lowest BCUT2D eigenvalue weighted by Crippen LogP contribution is -2.27. The molecule has 1 aliphatic rings. The van der Waals surface area contributed by atoms with Gasteiger partial charge in [-0.1, -0.05) is 30.3 Å². The van der Waals surface area contributed by atoms with E-state index in [4.69, 9.17) is 9.47 Å². The summed E-state index contributed by atoms with van der Waals surface area (Å²) in [5.41, 5.74) is 2.07. The number of ether oxygens (including phenoxy) is 2. The van der Waals surface area contributed by atoms with Crippen molar-refractivity contribution in [2.75, 3.05) is 12.0 Å². The molecular formula is C24H17FINO4S. The van der Waals surface area contributed by atoms with Crippen LogP contribution in [0, 0.1) is 9.39 Å². The fraction of sp³-hybridized carbons (Fsp3) is 0.0833. The van der Waals surface area contributed by atoms with Gasteiger partial charge in [-0.2, -0.15) is 0 Å². The molecule has 3 aromatic carbocycles. The number of rotatable bonds is 6. The summed E-state index contributed by atoms with van der Waals surface area (Å²) in [6.45, 7) is 0.252. The molecule has 5 nitrogen and oxygen atoms in total. The van der Waals surface area contributed by atoms with Crippen molar-refractivity contribution in [1.82, 2.24) is 0 Å². The van der Waals surface area contributed by atoms with Crippen LogP contribution in [-0.2, 0) is 11.4 Å². The van der Waals surface area contributed by atoms with Crippen molar-refractivity contribution >= 4 is 57.3 Å². The molecule has 0 radical (unpaired) electrons. The number of carbonyl (C=O) groups is 2. The zero-order valence-electron chi connectivity index (χ0n) is 16.9. The van der Waals surface area contributed by atoms with Crippen LogP contribution in [0.5, 0.6) is 11.5 Å². The molecule has 1 aliphatic heterocycles. The fourth-order valence-electron chi connectivity index (χ4n) is 3.12. The fourth-order valence-corrected chi connectivity index (χ4v) is 4.74. The second-order valence-corrected chi connectivity index (χ2v) is 8.96. The van der Waals surface area contributed by atoms with Crippen molar-refractivity contribution in [3.63, 3.8) is 0 Å². The number of imide groups is 1. The van der Waals surface area contributed by atoms with Crippen LogP contribution in [0.3, 0.4) is 0 Å². The first kappa shape index (κ1) is 22.3. The van der Waals surface area contributed by atoms with Gasteiger partial charge in [-0.3, -0.25) is 9.59 Å². The highest BCUT2D eigenvalue weighted by atomic mass is 127. The van der Waals surface area contributed by atoms with Gasteiger partial charge in [0, 0.05) is 0 Å². The lowest BCUT2D eigenvalue weighted by molar-refractivity contribution is -0.113. The van der Waals surface area contributed by atoms with Crippen molar-refractivity contribution in [2.24, 2.45) is 0 Å².